The lowest BCUT2D eigenvalue weighted by atomic mass is 10.0. The van der Waals surface area contributed by atoms with E-state index in [4.69, 9.17) is 26.3 Å². The zero-order valence-corrected chi connectivity index (χ0v) is 25.1. The van der Waals surface area contributed by atoms with Gasteiger partial charge in [-0.1, -0.05) is 42.4 Å². The van der Waals surface area contributed by atoms with Crippen LogP contribution in [0.4, 0.5) is 15.9 Å². The van der Waals surface area contributed by atoms with Gasteiger partial charge in [0.25, 0.3) is 5.91 Å². The molecular weight excluding hydrogens is 569 g/mol. The molecule has 3 aliphatic heterocycles. The summed E-state index contributed by atoms with van der Waals surface area (Å²) in [6.45, 7) is 7.06. The van der Waals surface area contributed by atoms with Crippen LogP contribution < -0.4 is 14.5 Å². The molecule has 6 rings (SSSR count). The van der Waals surface area contributed by atoms with Crippen LogP contribution in [0.2, 0.25) is 5.02 Å². The second kappa shape index (κ2) is 12.3. The van der Waals surface area contributed by atoms with Gasteiger partial charge in [-0.25, -0.2) is 4.39 Å². The quantitative estimate of drug-likeness (QED) is 0.358. The fourth-order valence-electron chi connectivity index (χ4n) is 6.57. The first kappa shape index (κ1) is 29.1. The summed E-state index contributed by atoms with van der Waals surface area (Å²) < 4.78 is 20.0. The van der Waals surface area contributed by atoms with Crippen LogP contribution in [0.15, 0.2) is 48.8 Å². The van der Waals surface area contributed by atoms with Gasteiger partial charge < -0.3 is 24.3 Å². The number of fused-ring (bicyclic) bond motifs is 2. The molecule has 2 fully saturated rings. The van der Waals surface area contributed by atoms with E-state index in [1.165, 1.54) is 4.90 Å². The topological polar surface area (TPSA) is 88.8 Å². The van der Waals surface area contributed by atoms with Gasteiger partial charge in [-0.3, -0.25) is 4.79 Å². The van der Waals surface area contributed by atoms with Gasteiger partial charge >= 0.3 is 6.01 Å². The number of aromatic nitrogens is 2. The maximum Gasteiger partial charge on any atom is 0.318 e. The van der Waals surface area contributed by atoms with Gasteiger partial charge in [0.05, 0.1) is 35.8 Å². The number of nitrogens with zero attached hydrogens (tertiary/aromatic N) is 7. The molecule has 11 heteroatoms. The van der Waals surface area contributed by atoms with Gasteiger partial charge in [0, 0.05) is 48.9 Å². The Morgan fingerprint density at radius 2 is 1.95 bits per heavy atom. The molecule has 43 heavy (non-hydrogen) atoms. The SMILES string of the molecule is C=C(F)C(=O)N1CCN(c2nc(OC[C@@H]3CCCN3C)nc3c2CCN(c2cccc4cccc(Cl)c24)C3)CC1CC#N. The number of likely N-dealkylation sites (N-methyl/N-ethyl adjacent to an activating group) is 1. The fraction of sp³-hybridized carbons (Fsp3) is 0.438. The van der Waals surface area contributed by atoms with Gasteiger partial charge in [0.2, 0.25) is 0 Å². The first-order valence-corrected chi connectivity index (χ1v) is 15.1. The van der Waals surface area contributed by atoms with E-state index in [0.29, 0.717) is 49.7 Å². The molecule has 0 N–H and O–H groups in total. The van der Waals surface area contributed by atoms with E-state index in [2.05, 4.69) is 52.6 Å². The minimum absolute atomic E-state index is 0.0792. The molecule has 1 aromatic heterocycles. The molecule has 224 valence electrons. The van der Waals surface area contributed by atoms with Crippen molar-refractivity contribution in [3.63, 3.8) is 0 Å². The van der Waals surface area contributed by atoms with Crippen molar-refractivity contribution >= 4 is 39.8 Å². The summed E-state index contributed by atoms with van der Waals surface area (Å²) in [4.78, 5) is 30.4. The Balaban J connectivity index is 1.34. The number of hydrogen-bond donors (Lipinski definition) is 0. The zero-order valence-electron chi connectivity index (χ0n) is 24.3. The van der Waals surface area contributed by atoms with Crippen molar-refractivity contribution in [2.75, 3.05) is 56.2 Å². The predicted molar refractivity (Wildman–Crippen MR) is 165 cm³/mol. The van der Waals surface area contributed by atoms with Crippen LogP contribution in [0, 0.1) is 11.3 Å². The van der Waals surface area contributed by atoms with Crippen molar-refractivity contribution in [3.05, 3.63) is 65.1 Å². The first-order chi connectivity index (χ1) is 20.8. The van der Waals surface area contributed by atoms with Crippen molar-refractivity contribution in [2.45, 2.75) is 44.3 Å². The highest BCUT2D eigenvalue weighted by Crippen LogP contribution is 2.37. The zero-order chi connectivity index (χ0) is 30.1. The molecule has 2 aromatic carbocycles. The normalized spacial score (nSPS) is 20.7. The summed E-state index contributed by atoms with van der Waals surface area (Å²) in [5, 5.41) is 12.3. The highest BCUT2D eigenvalue weighted by Gasteiger charge is 2.35. The molecule has 1 unspecified atom stereocenters. The van der Waals surface area contributed by atoms with Crippen molar-refractivity contribution in [3.8, 4) is 12.1 Å². The lowest BCUT2D eigenvalue weighted by Crippen LogP contribution is -2.55. The van der Waals surface area contributed by atoms with Gasteiger partial charge in [-0.15, -0.1) is 0 Å². The van der Waals surface area contributed by atoms with E-state index in [0.717, 1.165) is 59.5 Å². The summed E-state index contributed by atoms with van der Waals surface area (Å²) in [5.41, 5.74) is 2.96. The number of benzene rings is 2. The van der Waals surface area contributed by atoms with Crippen molar-refractivity contribution in [1.82, 2.24) is 19.8 Å². The Hall–Kier alpha value is -3.94. The molecule has 3 aliphatic rings. The monoisotopic (exact) mass is 603 g/mol. The van der Waals surface area contributed by atoms with E-state index < -0.39 is 17.8 Å². The Labute approximate surface area is 256 Å². The highest BCUT2D eigenvalue weighted by atomic mass is 35.5. The molecule has 0 aliphatic carbocycles. The average Bonchev–Trinajstić information content (AvgIpc) is 3.43. The summed E-state index contributed by atoms with van der Waals surface area (Å²) in [6.07, 6.45) is 2.98. The van der Waals surface area contributed by atoms with Crippen molar-refractivity contribution in [2.24, 2.45) is 0 Å². The van der Waals surface area contributed by atoms with Gasteiger partial charge in [0.1, 0.15) is 12.4 Å². The average molecular weight is 604 g/mol. The van der Waals surface area contributed by atoms with Crippen LogP contribution in [0.3, 0.4) is 0 Å². The molecule has 2 saturated heterocycles. The molecule has 0 saturated carbocycles. The van der Waals surface area contributed by atoms with Crippen LogP contribution in [-0.2, 0) is 17.8 Å². The number of hydrogen-bond acceptors (Lipinski definition) is 8. The summed E-state index contributed by atoms with van der Waals surface area (Å²) in [6, 6.07) is 14.4. The van der Waals surface area contributed by atoms with Gasteiger partial charge in [0.15, 0.2) is 5.83 Å². The van der Waals surface area contributed by atoms with Gasteiger partial charge in [-0.2, -0.15) is 15.2 Å². The Bertz CT molecular complexity index is 1590. The molecule has 4 heterocycles. The van der Waals surface area contributed by atoms with E-state index in [9.17, 15) is 14.4 Å². The molecule has 2 atom stereocenters. The second-order valence-electron chi connectivity index (χ2n) is 11.5. The van der Waals surface area contributed by atoms with E-state index in [1.54, 1.807) is 0 Å². The summed E-state index contributed by atoms with van der Waals surface area (Å²) in [5.74, 6) is -1.03. The minimum Gasteiger partial charge on any atom is -0.462 e. The molecular formula is C32H35ClFN7O2. The molecule has 0 spiro atoms. The third-order valence-electron chi connectivity index (χ3n) is 8.87. The lowest BCUT2D eigenvalue weighted by molar-refractivity contribution is -0.131. The second-order valence-corrected chi connectivity index (χ2v) is 11.9. The summed E-state index contributed by atoms with van der Waals surface area (Å²) >= 11 is 6.68. The van der Waals surface area contributed by atoms with E-state index in [-0.39, 0.29) is 13.0 Å². The number of carbonyl (C=O) groups is 1. The van der Waals surface area contributed by atoms with Gasteiger partial charge in [-0.05, 0) is 50.4 Å². The number of ether oxygens (including phenoxy) is 1. The standard InChI is InChI=1S/C32H35ClFN7O2/c1-21(34)31(42)41-17-16-40(18-23(41)11-13-35)30-25-12-15-39(28-10-4-7-22-6-3-9-26(33)29(22)28)19-27(25)36-32(37-30)43-20-24-8-5-14-38(24)2/h3-4,6-7,9-10,23-24H,1,5,8,11-12,14-20H2,2H3/t23?,24-/m0/s1. The Morgan fingerprint density at radius 3 is 2.70 bits per heavy atom. The predicted octanol–water partition coefficient (Wildman–Crippen LogP) is 4.73. The maximum atomic E-state index is 13.8. The number of halogens is 2. The van der Waals surface area contributed by atoms with Crippen LogP contribution in [0.1, 0.15) is 30.5 Å². The number of likely N-dealkylation sites (tertiary alicyclic amines) is 1. The number of nitriles is 1. The third kappa shape index (κ3) is 5.84. The molecule has 0 radical (unpaired) electrons. The van der Waals surface area contributed by atoms with Crippen LogP contribution in [-0.4, -0.2) is 84.1 Å². The van der Waals surface area contributed by atoms with Crippen LogP contribution in [0.5, 0.6) is 6.01 Å². The third-order valence-corrected chi connectivity index (χ3v) is 9.19. The summed E-state index contributed by atoms with van der Waals surface area (Å²) in [7, 11) is 2.11. The Kier molecular flexibility index (Phi) is 8.37. The van der Waals surface area contributed by atoms with Crippen molar-refractivity contribution < 1.29 is 13.9 Å². The number of amides is 1. The molecule has 1 amide bonds. The molecule has 3 aromatic rings. The van der Waals surface area contributed by atoms with E-state index >= 15 is 0 Å². The Morgan fingerprint density at radius 1 is 1.14 bits per heavy atom. The molecule has 9 nitrogen and oxygen atoms in total. The van der Waals surface area contributed by atoms with Crippen LogP contribution >= 0.6 is 11.6 Å². The maximum absolute atomic E-state index is 13.8. The smallest absolute Gasteiger partial charge is 0.318 e. The van der Waals surface area contributed by atoms with E-state index in [1.807, 2.05) is 18.2 Å². The lowest BCUT2D eigenvalue weighted by Gasteiger charge is -2.42. The number of anilines is 2. The van der Waals surface area contributed by atoms with Crippen LogP contribution in [0.25, 0.3) is 10.8 Å². The largest absolute Gasteiger partial charge is 0.462 e. The number of rotatable bonds is 7. The number of carbonyl (C=O) groups excluding carboxylic acids is 1. The molecule has 0 bridgehead atoms. The highest BCUT2D eigenvalue weighted by molar-refractivity contribution is 6.36. The number of piperazine rings is 1. The van der Waals surface area contributed by atoms with Crippen molar-refractivity contribution in [1.29, 1.82) is 5.26 Å². The fourth-order valence-corrected chi connectivity index (χ4v) is 6.85. The minimum atomic E-state index is -1.02. The first-order valence-electron chi connectivity index (χ1n) is 14.8.